The number of hydrogen-bond acceptors (Lipinski definition) is 5. The van der Waals surface area contributed by atoms with E-state index in [0.29, 0.717) is 12.3 Å². The molecule has 0 fully saturated rings. The molecule has 30 heavy (non-hydrogen) atoms. The van der Waals surface area contributed by atoms with Gasteiger partial charge in [0.2, 0.25) is 0 Å². The van der Waals surface area contributed by atoms with Gasteiger partial charge in [0.05, 0.1) is 25.5 Å². The number of carbonyl (C=O) groups is 1. The van der Waals surface area contributed by atoms with E-state index < -0.39 is 5.97 Å². The summed E-state index contributed by atoms with van der Waals surface area (Å²) in [5.74, 6) is 0.225. The first-order valence-electron chi connectivity index (χ1n) is 10.2. The summed E-state index contributed by atoms with van der Waals surface area (Å²) < 4.78 is 24.5. The van der Waals surface area contributed by atoms with Crippen LogP contribution in [0.1, 0.15) is 43.0 Å². The van der Waals surface area contributed by atoms with E-state index in [-0.39, 0.29) is 17.8 Å². The standard InChI is InChI=1S/C24H25FN2O3/c1-4-30-22(28)12-15(2)27-24(17-6-5-7-18(25)13-17)21-10-8-16-14-19(29-3)9-11-20(16)23(21)26-27/h5-7,9,11-14,21,24H,4,8,10H2,1-3H3/b15-12+/t21-,24-/m1/s1. The second-order valence-electron chi connectivity index (χ2n) is 7.54. The summed E-state index contributed by atoms with van der Waals surface area (Å²) in [6, 6.07) is 12.5. The normalized spacial score (nSPS) is 20.3. The van der Waals surface area contributed by atoms with E-state index in [1.165, 1.54) is 17.7 Å². The number of hydrogen-bond donors (Lipinski definition) is 0. The molecule has 5 nitrogen and oxygen atoms in total. The van der Waals surface area contributed by atoms with Crippen molar-refractivity contribution in [3.05, 3.63) is 76.7 Å². The van der Waals surface area contributed by atoms with Crippen molar-refractivity contribution >= 4 is 11.7 Å². The molecule has 0 bridgehead atoms. The largest absolute Gasteiger partial charge is 0.497 e. The Morgan fingerprint density at radius 3 is 2.87 bits per heavy atom. The SMILES string of the molecule is CCOC(=O)/C=C(\C)N1N=C2c3ccc(OC)cc3CC[C@H]2[C@H]1c1cccc(F)c1. The fourth-order valence-electron chi connectivity index (χ4n) is 4.37. The Hall–Kier alpha value is -3.15. The number of nitrogens with zero attached hydrogens (tertiary/aromatic N) is 2. The van der Waals surface area contributed by atoms with Gasteiger partial charge in [-0.1, -0.05) is 12.1 Å². The molecular formula is C24H25FN2O3. The van der Waals surface area contributed by atoms with Gasteiger partial charge >= 0.3 is 5.97 Å². The molecular weight excluding hydrogens is 383 g/mol. The average Bonchev–Trinajstić information content (AvgIpc) is 3.13. The Morgan fingerprint density at radius 2 is 2.13 bits per heavy atom. The third kappa shape index (κ3) is 3.70. The Labute approximate surface area is 175 Å². The quantitative estimate of drug-likeness (QED) is 0.535. The van der Waals surface area contributed by atoms with Crippen LogP contribution in [0, 0.1) is 11.7 Å². The van der Waals surface area contributed by atoms with Gasteiger partial charge in [0.25, 0.3) is 0 Å². The van der Waals surface area contributed by atoms with Crippen molar-refractivity contribution in [1.29, 1.82) is 0 Å². The van der Waals surface area contributed by atoms with Crippen molar-refractivity contribution < 1.29 is 18.7 Å². The van der Waals surface area contributed by atoms with Crippen molar-refractivity contribution in [3.8, 4) is 5.75 Å². The van der Waals surface area contributed by atoms with E-state index in [4.69, 9.17) is 14.6 Å². The topological polar surface area (TPSA) is 51.1 Å². The van der Waals surface area contributed by atoms with Gasteiger partial charge in [-0.2, -0.15) is 5.10 Å². The highest BCUT2D eigenvalue weighted by molar-refractivity contribution is 6.06. The third-order valence-electron chi connectivity index (χ3n) is 5.69. The van der Waals surface area contributed by atoms with E-state index >= 15 is 0 Å². The summed E-state index contributed by atoms with van der Waals surface area (Å²) in [7, 11) is 1.66. The molecule has 2 atom stereocenters. The third-order valence-corrected chi connectivity index (χ3v) is 5.69. The molecule has 0 saturated heterocycles. The van der Waals surface area contributed by atoms with Crippen LogP contribution >= 0.6 is 0 Å². The first-order valence-corrected chi connectivity index (χ1v) is 10.2. The molecule has 0 saturated carbocycles. The Kier molecular flexibility index (Phi) is 5.57. The van der Waals surface area contributed by atoms with Crippen molar-refractivity contribution in [2.45, 2.75) is 32.7 Å². The monoisotopic (exact) mass is 408 g/mol. The summed E-state index contributed by atoms with van der Waals surface area (Å²) in [6.45, 7) is 3.91. The number of hydrazone groups is 1. The van der Waals surface area contributed by atoms with Crippen LogP contribution in [0.25, 0.3) is 0 Å². The van der Waals surface area contributed by atoms with E-state index in [2.05, 4.69) is 6.07 Å². The fraction of sp³-hybridized carbons (Fsp3) is 0.333. The van der Waals surface area contributed by atoms with Gasteiger partial charge < -0.3 is 9.47 Å². The van der Waals surface area contributed by atoms with Gasteiger partial charge in [0.1, 0.15) is 11.6 Å². The summed E-state index contributed by atoms with van der Waals surface area (Å²) in [6.07, 6.45) is 3.21. The van der Waals surface area contributed by atoms with Gasteiger partial charge in [-0.15, -0.1) is 0 Å². The maximum absolute atomic E-state index is 14.0. The number of aryl methyl sites for hydroxylation is 1. The van der Waals surface area contributed by atoms with Crippen molar-refractivity contribution in [2.75, 3.05) is 13.7 Å². The predicted molar refractivity (Wildman–Crippen MR) is 113 cm³/mol. The molecule has 0 N–H and O–H groups in total. The fourth-order valence-corrected chi connectivity index (χ4v) is 4.37. The van der Waals surface area contributed by atoms with E-state index in [1.807, 2.05) is 30.1 Å². The molecule has 0 amide bonds. The molecule has 6 heteroatoms. The van der Waals surface area contributed by atoms with Gasteiger partial charge in [-0.3, -0.25) is 5.01 Å². The van der Waals surface area contributed by atoms with Crippen LogP contribution in [0.15, 0.2) is 59.3 Å². The minimum atomic E-state index is -0.409. The zero-order chi connectivity index (χ0) is 21.3. The van der Waals surface area contributed by atoms with Crippen LogP contribution in [0.4, 0.5) is 4.39 Å². The predicted octanol–water partition coefficient (Wildman–Crippen LogP) is 4.62. The van der Waals surface area contributed by atoms with E-state index in [9.17, 15) is 9.18 Å². The number of esters is 1. The first kappa shape index (κ1) is 20.1. The molecule has 2 aromatic rings. The number of ether oxygens (including phenoxy) is 2. The maximum atomic E-state index is 14.0. The van der Waals surface area contributed by atoms with Crippen LogP contribution in [-0.2, 0) is 16.0 Å². The Balaban J connectivity index is 1.78. The smallest absolute Gasteiger partial charge is 0.332 e. The zero-order valence-electron chi connectivity index (χ0n) is 17.4. The Bertz CT molecular complexity index is 1030. The molecule has 1 aliphatic carbocycles. The highest BCUT2D eigenvalue weighted by Gasteiger charge is 2.42. The zero-order valence-corrected chi connectivity index (χ0v) is 17.4. The minimum Gasteiger partial charge on any atom is -0.497 e. The molecule has 2 aromatic carbocycles. The molecule has 2 aliphatic rings. The summed E-state index contributed by atoms with van der Waals surface area (Å²) in [4.78, 5) is 12.0. The number of fused-ring (bicyclic) bond motifs is 3. The van der Waals surface area contributed by atoms with Crippen LogP contribution in [0.5, 0.6) is 5.75 Å². The summed E-state index contributed by atoms with van der Waals surface area (Å²) in [5, 5.41) is 6.76. The highest BCUT2D eigenvalue weighted by Crippen LogP contribution is 2.45. The van der Waals surface area contributed by atoms with E-state index in [0.717, 1.165) is 35.4 Å². The van der Waals surface area contributed by atoms with Crippen molar-refractivity contribution in [2.24, 2.45) is 11.0 Å². The van der Waals surface area contributed by atoms with Crippen LogP contribution in [0.3, 0.4) is 0 Å². The lowest BCUT2D eigenvalue weighted by molar-refractivity contribution is -0.137. The summed E-state index contributed by atoms with van der Waals surface area (Å²) in [5.41, 5.74) is 4.74. The second-order valence-corrected chi connectivity index (χ2v) is 7.54. The van der Waals surface area contributed by atoms with Crippen LogP contribution in [-0.4, -0.2) is 30.4 Å². The number of halogens is 1. The maximum Gasteiger partial charge on any atom is 0.332 e. The number of methoxy groups -OCH3 is 1. The van der Waals surface area contributed by atoms with E-state index in [1.54, 1.807) is 26.2 Å². The lowest BCUT2D eigenvalue weighted by Crippen LogP contribution is -2.28. The lowest BCUT2D eigenvalue weighted by Gasteiger charge is -2.31. The number of benzene rings is 2. The molecule has 1 aliphatic heterocycles. The molecule has 0 unspecified atom stereocenters. The number of allylic oxidation sites excluding steroid dienone is 1. The van der Waals surface area contributed by atoms with Crippen molar-refractivity contribution in [3.63, 3.8) is 0 Å². The van der Waals surface area contributed by atoms with Crippen molar-refractivity contribution in [1.82, 2.24) is 5.01 Å². The first-order chi connectivity index (χ1) is 14.5. The van der Waals surface area contributed by atoms with Gasteiger partial charge in [0, 0.05) is 23.3 Å². The molecule has 0 radical (unpaired) electrons. The Morgan fingerprint density at radius 1 is 1.30 bits per heavy atom. The van der Waals surface area contributed by atoms with Crippen LogP contribution in [0.2, 0.25) is 0 Å². The summed E-state index contributed by atoms with van der Waals surface area (Å²) >= 11 is 0. The highest BCUT2D eigenvalue weighted by atomic mass is 19.1. The molecule has 4 rings (SSSR count). The number of carbonyl (C=O) groups excluding carboxylic acids is 1. The lowest BCUT2D eigenvalue weighted by atomic mass is 9.77. The molecule has 0 spiro atoms. The van der Waals surface area contributed by atoms with Gasteiger partial charge in [0.15, 0.2) is 0 Å². The van der Waals surface area contributed by atoms with Gasteiger partial charge in [-0.05, 0) is 68.1 Å². The molecule has 0 aromatic heterocycles. The molecule has 156 valence electrons. The van der Waals surface area contributed by atoms with Crippen LogP contribution < -0.4 is 4.74 Å². The molecule has 1 heterocycles. The number of rotatable bonds is 5. The average molecular weight is 408 g/mol. The second kappa shape index (κ2) is 8.30. The minimum absolute atomic E-state index is 0.0956. The van der Waals surface area contributed by atoms with Gasteiger partial charge in [-0.25, -0.2) is 9.18 Å².